The van der Waals surface area contributed by atoms with E-state index >= 15 is 0 Å². The van der Waals surface area contributed by atoms with Crippen molar-refractivity contribution in [3.8, 4) is 0 Å². The summed E-state index contributed by atoms with van der Waals surface area (Å²) in [7, 11) is 0. The van der Waals surface area contributed by atoms with Crippen LogP contribution in [0.3, 0.4) is 0 Å². The fraction of sp³-hybridized carbons (Fsp3) is 0.429. The zero-order valence-corrected chi connectivity index (χ0v) is 10.2. The molecular weight excluding hydrogens is 210 g/mol. The highest BCUT2D eigenvalue weighted by atomic mass is 15.1. The van der Waals surface area contributed by atoms with Gasteiger partial charge in [-0.1, -0.05) is 12.5 Å². The number of nitrogens with zero attached hydrogens (tertiary/aromatic N) is 2. The number of benzene rings is 1. The zero-order chi connectivity index (χ0) is 11.8. The third-order valence-corrected chi connectivity index (χ3v) is 3.52. The Morgan fingerprint density at radius 1 is 1.24 bits per heavy atom. The van der Waals surface area contributed by atoms with Crippen LogP contribution in [0, 0.1) is 12.3 Å². The summed E-state index contributed by atoms with van der Waals surface area (Å²) in [4.78, 5) is 4.74. The normalized spacial score (nSPS) is 15.6. The molecule has 0 fully saturated rings. The largest absolute Gasteiger partial charge is 0.314 e. The summed E-state index contributed by atoms with van der Waals surface area (Å²) in [6.45, 7) is 3.02. The number of rotatable bonds is 0. The first-order valence-corrected chi connectivity index (χ1v) is 6.30. The molecule has 1 aliphatic heterocycles. The van der Waals surface area contributed by atoms with Crippen LogP contribution in [0.5, 0.6) is 0 Å². The molecule has 0 bridgehead atoms. The average molecular weight is 227 g/mol. The van der Waals surface area contributed by atoms with Crippen molar-refractivity contribution in [1.82, 2.24) is 9.55 Å². The first-order valence-electron chi connectivity index (χ1n) is 6.30. The molecule has 0 unspecified atom stereocenters. The van der Waals surface area contributed by atoms with E-state index < -0.39 is 0 Å². The molecule has 3 heteroatoms. The summed E-state index contributed by atoms with van der Waals surface area (Å²) < 4.78 is 2.09. The van der Waals surface area contributed by atoms with Gasteiger partial charge >= 0.3 is 0 Å². The van der Waals surface area contributed by atoms with Gasteiger partial charge < -0.3 is 4.57 Å². The zero-order valence-electron chi connectivity index (χ0n) is 10.2. The van der Waals surface area contributed by atoms with E-state index in [9.17, 15) is 0 Å². The van der Waals surface area contributed by atoms with E-state index in [1.165, 1.54) is 24.8 Å². The highest BCUT2D eigenvalue weighted by Gasteiger charge is 2.11. The monoisotopic (exact) mass is 227 g/mol. The summed E-state index contributed by atoms with van der Waals surface area (Å²) >= 11 is 0. The molecule has 2 aromatic rings. The van der Waals surface area contributed by atoms with Crippen molar-refractivity contribution in [1.29, 1.82) is 5.41 Å². The van der Waals surface area contributed by atoms with Gasteiger partial charge in [-0.25, -0.2) is 4.98 Å². The predicted molar refractivity (Wildman–Crippen MR) is 67.9 cm³/mol. The number of fused-ring (bicyclic) bond motifs is 2. The van der Waals surface area contributed by atoms with E-state index in [0.717, 1.165) is 29.7 Å². The van der Waals surface area contributed by atoms with Crippen molar-refractivity contribution in [3.05, 3.63) is 35.1 Å². The number of aromatic nitrogens is 2. The molecule has 0 amide bonds. The molecule has 0 saturated heterocycles. The second-order valence-electron chi connectivity index (χ2n) is 4.86. The number of aryl methyl sites for hydroxylation is 2. The third-order valence-electron chi connectivity index (χ3n) is 3.52. The summed E-state index contributed by atoms with van der Waals surface area (Å²) in [5.41, 5.74) is 2.82. The Morgan fingerprint density at radius 2 is 2.12 bits per heavy atom. The van der Waals surface area contributed by atoms with Crippen LogP contribution in [-0.4, -0.2) is 9.55 Å². The van der Waals surface area contributed by atoms with E-state index in [2.05, 4.69) is 23.6 Å². The highest BCUT2D eigenvalue weighted by Crippen LogP contribution is 2.15. The Morgan fingerprint density at radius 3 is 3.00 bits per heavy atom. The molecule has 88 valence electrons. The van der Waals surface area contributed by atoms with Gasteiger partial charge in [0.15, 0.2) is 0 Å². The minimum Gasteiger partial charge on any atom is -0.314 e. The first-order chi connectivity index (χ1) is 8.25. The lowest BCUT2D eigenvalue weighted by Crippen LogP contribution is -2.24. The lowest BCUT2D eigenvalue weighted by atomic mass is 10.1. The lowest BCUT2D eigenvalue weighted by molar-refractivity contribution is 0.602. The quantitative estimate of drug-likeness (QED) is 0.738. The van der Waals surface area contributed by atoms with Crippen molar-refractivity contribution in [2.75, 3.05) is 0 Å². The molecule has 3 rings (SSSR count). The van der Waals surface area contributed by atoms with Gasteiger partial charge in [-0.3, -0.25) is 5.41 Å². The average Bonchev–Trinajstić information content (AvgIpc) is 2.54. The molecule has 2 heterocycles. The fourth-order valence-corrected chi connectivity index (χ4v) is 2.57. The maximum absolute atomic E-state index is 8.31. The Bertz CT molecular complexity index is 625. The summed E-state index contributed by atoms with van der Waals surface area (Å²) in [6.07, 6.45) is 4.63. The third kappa shape index (κ3) is 1.75. The van der Waals surface area contributed by atoms with Gasteiger partial charge in [-0.15, -0.1) is 0 Å². The van der Waals surface area contributed by atoms with Gasteiger partial charge in [0.25, 0.3) is 0 Å². The molecule has 17 heavy (non-hydrogen) atoms. The van der Waals surface area contributed by atoms with E-state index in [4.69, 9.17) is 10.4 Å². The van der Waals surface area contributed by atoms with Crippen LogP contribution < -0.4 is 5.49 Å². The molecule has 0 atom stereocenters. The second kappa shape index (κ2) is 3.99. The summed E-state index contributed by atoms with van der Waals surface area (Å²) in [5.74, 6) is 1.09. The summed E-state index contributed by atoms with van der Waals surface area (Å²) in [5, 5.41) is 9.28. The standard InChI is InChI=1S/C14H17N3/c1-10-6-7-11-12(9-10)16-13-5-3-2-4-8-17(13)14(11)15/h6-7,9,15H,2-5,8H2,1H3. The molecule has 0 aliphatic carbocycles. The number of hydrogen-bond acceptors (Lipinski definition) is 2. The van der Waals surface area contributed by atoms with Gasteiger partial charge in [-0.2, -0.15) is 0 Å². The van der Waals surface area contributed by atoms with E-state index in [0.29, 0.717) is 5.49 Å². The minimum atomic E-state index is 0.631. The van der Waals surface area contributed by atoms with Crippen molar-refractivity contribution >= 4 is 10.9 Å². The van der Waals surface area contributed by atoms with Crippen LogP contribution >= 0.6 is 0 Å². The molecule has 1 N–H and O–H groups in total. The minimum absolute atomic E-state index is 0.631. The maximum Gasteiger partial charge on any atom is 0.135 e. The Balaban J connectivity index is 2.33. The van der Waals surface area contributed by atoms with Crippen molar-refractivity contribution < 1.29 is 0 Å². The van der Waals surface area contributed by atoms with Gasteiger partial charge in [0, 0.05) is 18.4 Å². The molecule has 0 radical (unpaired) electrons. The lowest BCUT2D eigenvalue weighted by Gasteiger charge is -2.11. The van der Waals surface area contributed by atoms with Crippen molar-refractivity contribution in [2.24, 2.45) is 0 Å². The van der Waals surface area contributed by atoms with Crippen molar-refractivity contribution in [2.45, 2.75) is 39.2 Å². The fourth-order valence-electron chi connectivity index (χ4n) is 2.57. The van der Waals surface area contributed by atoms with Gasteiger partial charge in [0.2, 0.25) is 0 Å². The Hall–Kier alpha value is -1.64. The molecule has 1 aromatic carbocycles. The number of hydrogen-bond donors (Lipinski definition) is 1. The van der Waals surface area contributed by atoms with Crippen LogP contribution in [0.25, 0.3) is 10.9 Å². The molecule has 3 nitrogen and oxygen atoms in total. The smallest absolute Gasteiger partial charge is 0.135 e. The van der Waals surface area contributed by atoms with Gasteiger partial charge in [0.1, 0.15) is 11.3 Å². The van der Waals surface area contributed by atoms with Crippen LogP contribution in [0.2, 0.25) is 0 Å². The molecule has 1 aliphatic rings. The van der Waals surface area contributed by atoms with Crippen LogP contribution in [0.4, 0.5) is 0 Å². The molecule has 0 spiro atoms. The van der Waals surface area contributed by atoms with Crippen LogP contribution in [0.15, 0.2) is 18.2 Å². The van der Waals surface area contributed by atoms with Crippen LogP contribution in [0.1, 0.15) is 30.7 Å². The SMILES string of the molecule is Cc1ccc2c(=N)n3c(nc2c1)CCCCC3. The molecular formula is C14H17N3. The molecule has 0 saturated carbocycles. The first kappa shape index (κ1) is 10.5. The van der Waals surface area contributed by atoms with Gasteiger partial charge in [-0.05, 0) is 37.5 Å². The van der Waals surface area contributed by atoms with E-state index in [1.807, 2.05) is 6.07 Å². The Labute approximate surface area is 101 Å². The highest BCUT2D eigenvalue weighted by molar-refractivity contribution is 5.77. The predicted octanol–water partition coefficient (Wildman–Crippen LogP) is 2.55. The maximum atomic E-state index is 8.31. The van der Waals surface area contributed by atoms with Gasteiger partial charge in [0.05, 0.1) is 5.52 Å². The van der Waals surface area contributed by atoms with E-state index in [1.54, 1.807) is 0 Å². The van der Waals surface area contributed by atoms with E-state index in [-0.39, 0.29) is 0 Å². The topological polar surface area (TPSA) is 41.7 Å². The number of nitrogens with one attached hydrogen (secondary N) is 1. The Kier molecular flexibility index (Phi) is 2.46. The second-order valence-corrected chi connectivity index (χ2v) is 4.86. The summed E-state index contributed by atoms with van der Waals surface area (Å²) in [6, 6.07) is 6.17. The van der Waals surface area contributed by atoms with Crippen molar-refractivity contribution in [3.63, 3.8) is 0 Å². The molecule has 1 aromatic heterocycles. The van der Waals surface area contributed by atoms with Crippen LogP contribution in [-0.2, 0) is 13.0 Å².